The second kappa shape index (κ2) is 5.01. The number of rotatable bonds is 3. The highest BCUT2D eigenvalue weighted by atomic mass is 32.1. The van der Waals surface area contributed by atoms with E-state index >= 15 is 0 Å². The normalized spacial score (nSPS) is 10.7. The van der Waals surface area contributed by atoms with Crippen LogP contribution in [0.5, 0.6) is 5.75 Å². The lowest BCUT2D eigenvalue weighted by atomic mass is 10.1. The molecule has 0 saturated heterocycles. The summed E-state index contributed by atoms with van der Waals surface area (Å²) in [6.07, 6.45) is 0.868. The Labute approximate surface area is 114 Å². The van der Waals surface area contributed by atoms with E-state index in [1.165, 1.54) is 17.9 Å². The van der Waals surface area contributed by atoms with E-state index in [0.717, 1.165) is 22.1 Å². The van der Waals surface area contributed by atoms with Gasteiger partial charge in [-0.15, -0.1) is 11.3 Å². The Morgan fingerprint density at radius 3 is 2.58 bits per heavy atom. The molecule has 4 nitrogen and oxygen atoms in total. The molecule has 0 aliphatic carbocycles. The van der Waals surface area contributed by atoms with Crippen LogP contribution in [0.4, 0.5) is 0 Å². The van der Waals surface area contributed by atoms with Crippen molar-refractivity contribution < 1.29 is 19.4 Å². The van der Waals surface area contributed by atoms with Crippen molar-refractivity contribution in [3.8, 4) is 5.75 Å². The summed E-state index contributed by atoms with van der Waals surface area (Å²) in [5, 5.41) is 9.94. The van der Waals surface area contributed by atoms with Gasteiger partial charge in [-0.3, -0.25) is 4.79 Å². The maximum absolute atomic E-state index is 11.2. The average molecular weight is 278 g/mol. The number of aryl methyl sites for hydroxylation is 2. The highest BCUT2D eigenvalue weighted by molar-refractivity contribution is 7.19. The third-order valence-electron chi connectivity index (χ3n) is 2.91. The zero-order valence-electron chi connectivity index (χ0n) is 10.9. The van der Waals surface area contributed by atoms with E-state index in [-0.39, 0.29) is 5.56 Å². The van der Waals surface area contributed by atoms with Crippen LogP contribution in [-0.2, 0) is 11.2 Å². The van der Waals surface area contributed by atoms with Gasteiger partial charge in [0.15, 0.2) is 0 Å². The van der Waals surface area contributed by atoms with Gasteiger partial charge >= 0.3 is 11.9 Å². The molecule has 0 fully saturated rings. The van der Waals surface area contributed by atoms with E-state index in [2.05, 4.69) is 0 Å². The quantitative estimate of drug-likeness (QED) is 0.690. The molecule has 1 heterocycles. The molecule has 0 bridgehead atoms. The molecular formula is C14H14O4S. The van der Waals surface area contributed by atoms with Crippen molar-refractivity contribution >= 4 is 33.4 Å². The fraction of sp³-hybridized carbons (Fsp3) is 0.286. The van der Waals surface area contributed by atoms with Crippen LogP contribution in [0.3, 0.4) is 0 Å². The lowest BCUT2D eigenvalue weighted by Crippen LogP contribution is -2.04. The summed E-state index contributed by atoms with van der Waals surface area (Å²) in [7, 11) is 0. The lowest BCUT2D eigenvalue weighted by molar-refractivity contribution is -0.131. The van der Waals surface area contributed by atoms with Crippen molar-refractivity contribution in [3.05, 3.63) is 28.1 Å². The van der Waals surface area contributed by atoms with Gasteiger partial charge in [0, 0.05) is 21.9 Å². The minimum atomic E-state index is -1.03. The van der Waals surface area contributed by atoms with Crippen molar-refractivity contribution in [1.82, 2.24) is 0 Å². The topological polar surface area (TPSA) is 63.6 Å². The Morgan fingerprint density at radius 2 is 2.05 bits per heavy atom. The summed E-state index contributed by atoms with van der Waals surface area (Å²) in [5.41, 5.74) is 1.18. The summed E-state index contributed by atoms with van der Waals surface area (Å²) >= 11 is 1.54. The maximum Gasteiger partial charge on any atom is 0.335 e. The van der Waals surface area contributed by atoms with Gasteiger partial charge in [0.25, 0.3) is 0 Å². The highest BCUT2D eigenvalue weighted by Gasteiger charge is 2.17. The minimum absolute atomic E-state index is 0.132. The van der Waals surface area contributed by atoms with E-state index in [1.54, 1.807) is 17.4 Å². The lowest BCUT2D eigenvalue weighted by Gasteiger charge is -2.06. The predicted molar refractivity (Wildman–Crippen MR) is 74.2 cm³/mol. The van der Waals surface area contributed by atoms with Crippen LogP contribution in [0.15, 0.2) is 12.1 Å². The summed E-state index contributed by atoms with van der Waals surface area (Å²) in [6.45, 7) is 5.31. The molecule has 5 heteroatoms. The van der Waals surface area contributed by atoms with Crippen LogP contribution in [0.1, 0.15) is 34.6 Å². The van der Waals surface area contributed by atoms with Crippen LogP contribution in [-0.4, -0.2) is 17.0 Å². The number of thiophene rings is 1. The number of carboxylic acid groups (broad SMARTS) is 1. The van der Waals surface area contributed by atoms with E-state index in [1.807, 2.05) is 13.8 Å². The molecule has 0 unspecified atom stereocenters. The van der Waals surface area contributed by atoms with E-state index in [0.29, 0.717) is 5.75 Å². The summed E-state index contributed by atoms with van der Waals surface area (Å²) in [5.74, 6) is -1.15. The molecule has 2 rings (SSSR count). The zero-order chi connectivity index (χ0) is 14.2. The van der Waals surface area contributed by atoms with Gasteiger partial charge in [0.2, 0.25) is 0 Å². The second-order valence-corrected chi connectivity index (χ2v) is 5.39. The number of aromatic carboxylic acids is 1. The first-order valence-electron chi connectivity index (χ1n) is 5.91. The van der Waals surface area contributed by atoms with Crippen molar-refractivity contribution in [2.24, 2.45) is 0 Å². The Kier molecular flexibility index (Phi) is 3.57. The molecule has 0 aliphatic rings. The van der Waals surface area contributed by atoms with Gasteiger partial charge in [-0.2, -0.15) is 0 Å². The number of carbonyl (C=O) groups excluding carboxylic acids is 1. The Bertz CT molecular complexity index is 670. The molecule has 2 aromatic rings. The second-order valence-electron chi connectivity index (χ2n) is 4.25. The van der Waals surface area contributed by atoms with E-state index in [4.69, 9.17) is 9.84 Å². The molecule has 0 atom stereocenters. The van der Waals surface area contributed by atoms with Crippen LogP contribution in [0, 0.1) is 6.92 Å². The van der Waals surface area contributed by atoms with Gasteiger partial charge in [0.05, 0.1) is 5.56 Å². The van der Waals surface area contributed by atoms with Crippen molar-refractivity contribution in [1.29, 1.82) is 0 Å². The Morgan fingerprint density at radius 1 is 1.37 bits per heavy atom. The smallest absolute Gasteiger partial charge is 0.335 e. The molecule has 1 aromatic carbocycles. The van der Waals surface area contributed by atoms with E-state index < -0.39 is 11.9 Å². The maximum atomic E-state index is 11.2. The summed E-state index contributed by atoms with van der Waals surface area (Å²) in [6, 6.07) is 3.03. The first kappa shape index (κ1) is 13.5. The summed E-state index contributed by atoms with van der Waals surface area (Å²) < 4.78 is 6.00. The molecule has 0 amide bonds. The van der Waals surface area contributed by atoms with Gasteiger partial charge < -0.3 is 9.84 Å². The molecule has 0 radical (unpaired) electrons. The van der Waals surface area contributed by atoms with Crippen molar-refractivity contribution in [2.45, 2.75) is 27.2 Å². The third kappa shape index (κ3) is 2.46. The highest BCUT2D eigenvalue weighted by Crippen LogP contribution is 2.38. The molecule has 19 heavy (non-hydrogen) atoms. The fourth-order valence-corrected chi connectivity index (χ4v) is 3.29. The SMILES string of the molecule is CCc1sc2cc(C(=O)O)cc(OC(C)=O)c2c1C. The summed E-state index contributed by atoms with van der Waals surface area (Å²) in [4.78, 5) is 23.4. The number of hydrogen-bond donors (Lipinski definition) is 1. The number of hydrogen-bond acceptors (Lipinski definition) is 4. The van der Waals surface area contributed by atoms with Crippen LogP contribution in [0.2, 0.25) is 0 Å². The number of carboxylic acids is 1. The number of benzene rings is 1. The molecule has 100 valence electrons. The van der Waals surface area contributed by atoms with E-state index in [9.17, 15) is 9.59 Å². The minimum Gasteiger partial charge on any atom is -0.478 e. The van der Waals surface area contributed by atoms with Gasteiger partial charge in [-0.05, 0) is 31.0 Å². The van der Waals surface area contributed by atoms with Crippen LogP contribution in [0.25, 0.3) is 10.1 Å². The molecular weight excluding hydrogens is 264 g/mol. The monoisotopic (exact) mass is 278 g/mol. The van der Waals surface area contributed by atoms with Crippen LogP contribution < -0.4 is 4.74 Å². The predicted octanol–water partition coefficient (Wildman–Crippen LogP) is 3.40. The van der Waals surface area contributed by atoms with Crippen molar-refractivity contribution in [2.75, 3.05) is 0 Å². The number of fused-ring (bicyclic) bond motifs is 1. The molecule has 0 aliphatic heterocycles. The van der Waals surface area contributed by atoms with Crippen molar-refractivity contribution in [3.63, 3.8) is 0 Å². The standard InChI is InChI=1S/C14H14O4S/c1-4-11-7(2)13-10(18-8(3)15)5-9(14(16)17)6-12(13)19-11/h5-6H,4H2,1-3H3,(H,16,17). The Hall–Kier alpha value is -1.88. The number of esters is 1. The largest absolute Gasteiger partial charge is 0.478 e. The molecule has 1 aromatic heterocycles. The van der Waals surface area contributed by atoms with Gasteiger partial charge in [-0.25, -0.2) is 4.79 Å². The molecule has 0 spiro atoms. The average Bonchev–Trinajstić information content (AvgIpc) is 2.65. The molecule has 0 saturated carbocycles. The first-order valence-corrected chi connectivity index (χ1v) is 6.73. The molecule has 1 N–H and O–H groups in total. The van der Waals surface area contributed by atoms with Gasteiger partial charge in [0.1, 0.15) is 5.75 Å². The first-order chi connectivity index (χ1) is 8.93. The zero-order valence-corrected chi connectivity index (χ0v) is 11.8. The number of carbonyl (C=O) groups is 2. The third-order valence-corrected chi connectivity index (χ3v) is 4.30. The number of ether oxygens (including phenoxy) is 1. The Balaban J connectivity index is 2.76. The fourth-order valence-electron chi connectivity index (χ4n) is 2.08. The van der Waals surface area contributed by atoms with Crippen LogP contribution >= 0.6 is 11.3 Å². The van der Waals surface area contributed by atoms with Gasteiger partial charge in [-0.1, -0.05) is 6.92 Å².